The lowest BCUT2D eigenvalue weighted by Gasteiger charge is -2.14. The molecule has 0 saturated carbocycles. The molecule has 1 heterocycles. The highest BCUT2D eigenvalue weighted by Crippen LogP contribution is 2.27. The monoisotopic (exact) mass is 320 g/mol. The van der Waals surface area contributed by atoms with Gasteiger partial charge in [0.05, 0.1) is 5.52 Å². The Hall–Kier alpha value is -2.39. The number of unbranched alkanes of at least 4 members (excludes halogenated alkanes) is 1. The maximum absolute atomic E-state index is 12.7. The van der Waals surface area contributed by atoms with Crippen LogP contribution >= 0.6 is 0 Å². The molecule has 2 aromatic carbocycles. The number of aromatic nitrogens is 1. The van der Waals surface area contributed by atoms with Gasteiger partial charge in [0.25, 0.3) is 5.56 Å². The summed E-state index contributed by atoms with van der Waals surface area (Å²) in [7, 11) is 4.16. The van der Waals surface area contributed by atoms with Crippen LogP contribution in [0.1, 0.15) is 12.8 Å². The van der Waals surface area contributed by atoms with Gasteiger partial charge in [0.15, 0.2) is 0 Å². The van der Waals surface area contributed by atoms with Crippen LogP contribution in [0.4, 0.5) is 0 Å². The molecule has 3 rings (SSSR count). The first-order valence-corrected chi connectivity index (χ1v) is 8.49. The Morgan fingerprint density at radius 3 is 2.38 bits per heavy atom. The molecule has 0 aliphatic rings. The van der Waals surface area contributed by atoms with Crippen molar-refractivity contribution in [2.24, 2.45) is 0 Å². The Morgan fingerprint density at radius 1 is 0.917 bits per heavy atom. The Balaban J connectivity index is 2.00. The van der Waals surface area contributed by atoms with E-state index in [0.29, 0.717) is 0 Å². The summed E-state index contributed by atoms with van der Waals surface area (Å²) >= 11 is 0. The molecule has 0 fully saturated rings. The lowest BCUT2D eigenvalue weighted by atomic mass is 10.0. The van der Waals surface area contributed by atoms with Gasteiger partial charge in [-0.15, -0.1) is 0 Å². The Kier molecular flexibility index (Phi) is 5.11. The zero-order chi connectivity index (χ0) is 16.9. The van der Waals surface area contributed by atoms with Crippen molar-refractivity contribution in [2.45, 2.75) is 19.4 Å². The van der Waals surface area contributed by atoms with E-state index >= 15 is 0 Å². The fourth-order valence-electron chi connectivity index (χ4n) is 3.12. The average molecular weight is 320 g/mol. The number of benzene rings is 2. The summed E-state index contributed by atoms with van der Waals surface area (Å²) in [6.07, 6.45) is 2.10. The summed E-state index contributed by atoms with van der Waals surface area (Å²) in [6, 6.07) is 20.1. The topological polar surface area (TPSA) is 25.2 Å². The number of para-hydroxylation sites is 1. The third kappa shape index (κ3) is 3.57. The maximum Gasteiger partial charge on any atom is 0.251 e. The standard InChI is InChI=1S/C21H24N2O/c1-22(2)14-8-9-15-23-20-13-7-6-12-18(20)19(16-21(23)24)17-10-4-3-5-11-17/h3-7,10-13,16H,8-9,14-15H2,1-2H3. The van der Waals surface area contributed by atoms with Crippen molar-refractivity contribution in [1.29, 1.82) is 0 Å². The highest BCUT2D eigenvalue weighted by atomic mass is 16.1. The van der Waals surface area contributed by atoms with E-state index in [1.165, 1.54) is 0 Å². The third-order valence-corrected chi connectivity index (χ3v) is 4.34. The third-order valence-electron chi connectivity index (χ3n) is 4.34. The van der Waals surface area contributed by atoms with E-state index in [1.807, 2.05) is 34.9 Å². The second-order valence-electron chi connectivity index (χ2n) is 6.44. The van der Waals surface area contributed by atoms with Crippen molar-refractivity contribution in [1.82, 2.24) is 9.47 Å². The van der Waals surface area contributed by atoms with Crippen LogP contribution in [0.15, 0.2) is 65.5 Å². The van der Waals surface area contributed by atoms with E-state index in [9.17, 15) is 4.79 Å². The maximum atomic E-state index is 12.7. The summed E-state index contributed by atoms with van der Waals surface area (Å²) in [5, 5.41) is 1.14. The van der Waals surface area contributed by atoms with E-state index in [4.69, 9.17) is 0 Å². The van der Waals surface area contributed by atoms with Crippen LogP contribution in [0, 0.1) is 0 Å². The van der Waals surface area contributed by atoms with Gasteiger partial charge in [0, 0.05) is 18.0 Å². The lowest BCUT2D eigenvalue weighted by Crippen LogP contribution is -2.21. The summed E-state index contributed by atoms with van der Waals surface area (Å²) in [5.74, 6) is 0. The Bertz CT molecular complexity index is 866. The van der Waals surface area contributed by atoms with Gasteiger partial charge in [-0.3, -0.25) is 4.79 Å². The lowest BCUT2D eigenvalue weighted by molar-refractivity contribution is 0.388. The zero-order valence-corrected chi connectivity index (χ0v) is 14.4. The SMILES string of the molecule is CN(C)CCCCn1c(=O)cc(-c2ccccc2)c2ccccc21. The first-order chi connectivity index (χ1) is 11.7. The fourth-order valence-corrected chi connectivity index (χ4v) is 3.12. The molecule has 0 aliphatic carbocycles. The molecule has 0 spiro atoms. The van der Waals surface area contributed by atoms with E-state index in [-0.39, 0.29) is 5.56 Å². The zero-order valence-electron chi connectivity index (χ0n) is 14.4. The van der Waals surface area contributed by atoms with Gasteiger partial charge >= 0.3 is 0 Å². The van der Waals surface area contributed by atoms with Crippen LogP contribution in [0.2, 0.25) is 0 Å². The van der Waals surface area contributed by atoms with Crippen LogP contribution in [-0.2, 0) is 6.54 Å². The van der Waals surface area contributed by atoms with E-state index in [0.717, 1.165) is 48.0 Å². The molecular formula is C21H24N2O. The summed E-state index contributed by atoms with van der Waals surface area (Å²) in [5.41, 5.74) is 3.21. The molecule has 124 valence electrons. The van der Waals surface area contributed by atoms with Gasteiger partial charge in [0.2, 0.25) is 0 Å². The van der Waals surface area contributed by atoms with Crippen molar-refractivity contribution >= 4 is 10.9 Å². The molecule has 0 amide bonds. The Labute approximate surface area is 143 Å². The molecule has 1 aromatic heterocycles. The van der Waals surface area contributed by atoms with E-state index in [1.54, 1.807) is 6.07 Å². The molecule has 0 N–H and O–H groups in total. The second-order valence-corrected chi connectivity index (χ2v) is 6.44. The number of hydrogen-bond donors (Lipinski definition) is 0. The molecule has 0 unspecified atom stereocenters. The quantitative estimate of drug-likeness (QED) is 0.641. The smallest absolute Gasteiger partial charge is 0.251 e. The average Bonchev–Trinajstić information content (AvgIpc) is 2.60. The van der Waals surface area contributed by atoms with Gasteiger partial charge in [0.1, 0.15) is 0 Å². The summed E-state index contributed by atoms with van der Waals surface area (Å²) in [6.45, 7) is 1.82. The van der Waals surface area contributed by atoms with Crippen molar-refractivity contribution < 1.29 is 0 Å². The second kappa shape index (κ2) is 7.45. The van der Waals surface area contributed by atoms with E-state index in [2.05, 4.69) is 43.3 Å². The van der Waals surface area contributed by atoms with Gasteiger partial charge in [-0.25, -0.2) is 0 Å². The van der Waals surface area contributed by atoms with Crippen molar-refractivity contribution in [3.05, 3.63) is 71.0 Å². The highest BCUT2D eigenvalue weighted by molar-refractivity contribution is 5.94. The Morgan fingerprint density at radius 2 is 1.62 bits per heavy atom. The van der Waals surface area contributed by atoms with Crippen molar-refractivity contribution in [3.63, 3.8) is 0 Å². The summed E-state index contributed by atoms with van der Waals surface area (Å²) in [4.78, 5) is 14.9. The largest absolute Gasteiger partial charge is 0.309 e. The minimum atomic E-state index is 0.0809. The number of aryl methyl sites for hydroxylation is 1. The molecule has 0 aliphatic heterocycles. The van der Waals surface area contributed by atoms with E-state index < -0.39 is 0 Å². The molecule has 0 bridgehead atoms. The normalized spacial score (nSPS) is 11.3. The number of nitrogens with zero attached hydrogens (tertiary/aromatic N) is 2. The number of pyridine rings is 1. The summed E-state index contributed by atoms with van der Waals surface area (Å²) < 4.78 is 1.91. The molecule has 3 aromatic rings. The molecule has 0 radical (unpaired) electrons. The van der Waals surface area contributed by atoms with Crippen LogP contribution in [0.3, 0.4) is 0 Å². The van der Waals surface area contributed by atoms with Gasteiger partial charge in [-0.1, -0.05) is 48.5 Å². The van der Waals surface area contributed by atoms with Gasteiger partial charge < -0.3 is 9.47 Å². The molecule has 3 heteroatoms. The van der Waals surface area contributed by atoms with Crippen LogP contribution < -0.4 is 5.56 Å². The van der Waals surface area contributed by atoms with Crippen LogP contribution in [0.5, 0.6) is 0 Å². The van der Waals surface area contributed by atoms with Gasteiger partial charge in [-0.05, 0) is 50.7 Å². The van der Waals surface area contributed by atoms with Gasteiger partial charge in [-0.2, -0.15) is 0 Å². The van der Waals surface area contributed by atoms with Crippen LogP contribution in [-0.4, -0.2) is 30.1 Å². The predicted molar refractivity (Wildman–Crippen MR) is 101 cm³/mol. The first kappa shape index (κ1) is 16.5. The minimum Gasteiger partial charge on any atom is -0.309 e. The predicted octanol–water partition coefficient (Wildman–Crippen LogP) is 4.01. The van der Waals surface area contributed by atoms with Crippen molar-refractivity contribution in [2.75, 3.05) is 20.6 Å². The van der Waals surface area contributed by atoms with Crippen molar-refractivity contribution in [3.8, 4) is 11.1 Å². The first-order valence-electron chi connectivity index (χ1n) is 8.49. The minimum absolute atomic E-state index is 0.0809. The number of hydrogen-bond acceptors (Lipinski definition) is 2. The molecule has 0 atom stereocenters. The van der Waals surface area contributed by atoms with Crippen LogP contribution in [0.25, 0.3) is 22.0 Å². The fraction of sp³-hybridized carbons (Fsp3) is 0.286. The highest BCUT2D eigenvalue weighted by Gasteiger charge is 2.09. The molecule has 0 saturated heterocycles. The number of fused-ring (bicyclic) bond motifs is 1. The number of rotatable bonds is 6. The molecule has 3 nitrogen and oxygen atoms in total. The molecular weight excluding hydrogens is 296 g/mol. The molecule has 24 heavy (non-hydrogen) atoms.